The van der Waals surface area contributed by atoms with Crippen LogP contribution in [0.3, 0.4) is 0 Å². The molecule has 0 saturated carbocycles. The van der Waals surface area contributed by atoms with Gasteiger partial charge in [-0.05, 0) is 30.5 Å². The molecule has 2 rings (SSSR count). The Balaban J connectivity index is 1.65. The Morgan fingerprint density at radius 2 is 2.00 bits per heavy atom. The molecule has 0 spiro atoms. The van der Waals surface area contributed by atoms with E-state index in [1.165, 1.54) is 0 Å². The molecule has 7 nitrogen and oxygen atoms in total. The van der Waals surface area contributed by atoms with Crippen molar-refractivity contribution in [3.8, 4) is 5.75 Å². The Morgan fingerprint density at radius 1 is 1.27 bits per heavy atom. The lowest BCUT2D eigenvalue weighted by molar-refractivity contribution is -0.122. The van der Waals surface area contributed by atoms with Crippen LogP contribution in [0.4, 0.5) is 4.79 Å². The van der Waals surface area contributed by atoms with Crippen LogP contribution in [-0.2, 0) is 16.0 Å². The van der Waals surface area contributed by atoms with E-state index in [-0.39, 0.29) is 11.8 Å². The first-order valence-electron chi connectivity index (χ1n) is 7.09. The summed E-state index contributed by atoms with van der Waals surface area (Å²) in [7, 11) is 1.61. The van der Waals surface area contributed by atoms with Gasteiger partial charge in [0.1, 0.15) is 11.8 Å². The van der Waals surface area contributed by atoms with Gasteiger partial charge in [0.25, 0.3) is 5.91 Å². The van der Waals surface area contributed by atoms with E-state index in [9.17, 15) is 14.4 Å². The first-order chi connectivity index (χ1) is 10.6. The normalized spacial score (nSPS) is 16.9. The number of hydrogen-bond donors (Lipinski definition) is 3. The van der Waals surface area contributed by atoms with Crippen LogP contribution in [0.5, 0.6) is 5.75 Å². The number of benzene rings is 1. The highest BCUT2D eigenvalue weighted by molar-refractivity contribution is 6.04. The number of nitrogens with one attached hydrogen (secondary N) is 3. The molecule has 0 aromatic heterocycles. The second-order valence-corrected chi connectivity index (χ2v) is 5.00. The van der Waals surface area contributed by atoms with Crippen molar-refractivity contribution in [2.24, 2.45) is 0 Å². The zero-order chi connectivity index (χ0) is 15.9. The fourth-order valence-corrected chi connectivity index (χ4v) is 2.16. The van der Waals surface area contributed by atoms with Gasteiger partial charge in [-0.25, -0.2) is 4.79 Å². The number of carbonyl (C=O) groups excluding carboxylic acids is 3. The molecular formula is C15H19N3O4. The van der Waals surface area contributed by atoms with Crippen molar-refractivity contribution in [1.29, 1.82) is 0 Å². The molecule has 0 aliphatic carbocycles. The summed E-state index contributed by atoms with van der Waals surface area (Å²) in [6.07, 6.45) is 1.39. The monoisotopic (exact) mass is 305 g/mol. The summed E-state index contributed by atoms with van der Waals surface area (Å²) in [6.45, 7) is 0.347. The van der Waals surface area contributed by atoms with Gasteiger partial charge in [-0.15, -0.1) is 0 Å². The minimum Gasteiger partial charge on any atom is -0.497 e. The van der Waals surface area contributed by atoms with Crippen LogP contribution in [0.15, 0.2) is 24.3 Å². The third-order valence-corrected chi connectivity index (χ3v) is 3.41. The standard InChI is InChI=1S/C15H19N3O4/c1-22-11-5-2-10(3-6-11)4-7-13(19)16-9-8-12-14(20)18-15(21)17-12/h2-3,5-6,12H,4,7-9H2,1H3,(H,16,19)(H2,17,18,20,21). The topological polar surface area (TPSA) is 96.5 Å². The third-order valence-electron chi connectivity index (χ3n) is 3.41. The predicted octanol–water partition coefficient (Wildman–Crippen LogP) is 0.342. The van der Waals surface area contributed by atoms with Crippen LogP contribution in [-0.4, -0.2) is 37.5 Å². The zero-order valence-corrected chi connectivity index (χ0v) is 12.3. The van der Waals surface area contributed by atoms with Crippen molar-refractivity contribution in [1.82, 2.24) is 16.0 Å². The molecule has 3 N–H and O–H groups in total. The molecule has 1 saturated heterocycles. The second kappa shape index (κ2) is 7.44. The quantitative estimate of drug-likeness (QED) is 0.633. The van der Waals surface area contributed by atoms with E-state index in [0.29, 0.717) is 25.8 Å². The van der Waals surface area contributed by atoms with E-state index in [4.69, 9.17) is 4.74 Å². The Morgan fingerprint density at radius 3 is 2.59 bits per heavy atom. The van der Waals surface area contributed by atoms with E-state index in [2.05, 4.69) is 16.0 Å². The molecule has 1 aromatic rings. The van der Waals surface area contributed by atoms with E-state index < -0.39 is 12.1 Å². The molecule has 1 aliphatic heterocycles. The summed E-state index contributed by atoms with van der Waals surface area (Å²) in [6, 6.07) is 6.51. The number of aryl methyl sites for hydroxylation is 1. The number of methoxy groups -OCH3 is 1. The van der Waals surface area contributed by atoms with E-state index >= 15 is 0 Å². The lowest BCUT2D eigenvalue weighted by Gasteiger charge is -2.08. The molecule has 1 fully saturated rings. The van der Waals surface area contributed by atoms with Crippen molar-refractivity contribution in [3.05, 3.63) is 29.8 Å². The fraction of sp³-hybridized carbons (Fsp3) is 0.400. The van der Waals surface area contributed by atoms with Crippen LogP contribution in [0.25, 0.3) is 0 Å². The largest absolute Gasteiger partial charge is 0.497 e. The van der Waals surface area contributed by atoms with Crippen LogP contribution in [0.2, 0.25) is 0 Å². The fourth-order valence-electron chi connectivity index (χ4n) is 2.16. The van der Waals surface area contributed by atoms with E-state index in [0.717, 1.165) is 11.3 Å². The molecule has 4 amide bonds. The maximum atomic E-state index is 11.7. The lowest BCUT2D eigenvalue weighted by Crippen LogP contribution is -2.34. The Bertz CT molecular complexity index is 556. The van der Waals surface area contributed by atoms with Gasteiger partial charge in [0.2, 0.25) is 5.91 Å². The molecule has 1 atom stereocenters. The predicted molar refractivity (Wildman–Crippen MR) is 79.4 cm³/mol. The summed E-state index contributed by atoms with van der Waals surface area (Å²) in [5.74, 6) is 0.350. The first kappa shape index (κ1) is 15.8. The van der Waals surface area contributed by atoms with Gasteiger partial charge >= 0.3 is 6.03 Å². The molecular weight excluding hydrogens is 286 g/mol. The van der Waals surface area contributed by atoms with Crippen LogP contribution in [0, 0.1) is 0 Å². The van der Waals surface area contributed by atoms with Gasteiger partial charge in [0.05, 0.1) is 7.11 Å². The van der Waals surface area contributed by atoms with E-state index in [1.54, 1.807) is 7.11 Å². The maximum absolute atomic E-state index is 11.7. The summed E-state index contributed by atoms with van der Waals surface area (Å²) in [5, 5.41) is 7.38. The average molecular weight is 305 g/mol. The number of amides is 4. The zero-order valence-electron chi connectivity index (χ0n) is 12.3. The first-order valence-corrected chi connectivity index (χ1v) is 7.09. The SMILES string of the molecule is COc1ccc(CCC(=O)NCCC2NC(=O)NC2=O)cc1. The van der Waals surface area contributed by atoms with Crippen molar-refractivity contribution < 1.29 is 19.1 Å². The molecule has 1 unspecified atom stereocenters. The second-order valence-electron chi connectivity index (χ2n) is 5.00. The van der Waals surface area contributed by atoms with Crippen molar-refractivity contribution in [3.63, 3.8) is 0 Å². The summed E-state index contributed by atoms with van der Waals surface area (Å²) >= 11 is 0. The van der Waals surface area contributed by atoms with Crippen molar-refractivity contribution in [2.45, 2.75) is 25.3 Å². The highest BCUT2D eigenvalue weighted by Crippen LogP contribution is 2.12. The van der Waals surface area contributed by atoms with Gasteiger partial charge in [-0.3, -0.25) is 14.9 Å². The summed E-state index contributed by atoms with van der Waals surface area (Å²) in [5.41, 5.74) is 1.05. The number of carbonyl (C=O) groups is 3. The minimum atomic E-state index is -0.561. The van der Waals surface area contributed by atoms with Crippen molar-refractivity contribution >= 4 is 17.8 Å². The highest BCUT2D eigenvalue weighted by atomic mass is 16.5. The number of rotatable bonds is 7. The molecule has 1 aromatic carbocycles. The van der Waals surface area contributed by atoms with Crippen LogP contribution < -0.4 is 20.7 Å². The third kappa shape index (κ3) is 4.47. The van der Waals surface area contributed by atoms with Crippen LogP contribution in [0.1, 0.15) is 18.4 Å². The molecule has 7 heteroatoms. The Kier molecular flexibility index (Phi) is 5.35. The number of imide groups is 1. The van der Waals surface area contributed by atoms with E-state index in [1.807, 2.05) is 24.3 Å². The Labute approximate surface area is 128 Å². The number of hydrogen-bond acceptors (Lipinski definition) is 4. The summed E-state index contributed by atoms with van der Waals surface area (Å²) in [4.78, 5) is 34.0. The molecule has 1 heterocycles. The van der Waals surface area contributed by atoms with Crippen LogP contribution >= 0.6 is 0 Å². The highest BCUT2D eigenvalue weighted by Gasteiger charge is 2.28. The van der Waals surface area contributed by atoms with Crippen molar-refractivity contribution in [2.75, 3.05) is 13.7 Å². The molecule has 0 bridgehead atoms. The number of urea groups is 1. The average Bonchev–Trinajstić information content (AvgIpc) is 2.83. The summed E-state index contributed by atoms with van der Waals surface area (Å²) < 4.78 is 5.07. The number of ether oxygens (including phenoxy) is 1. The molecule has 0 radical (unpaired) electrons. The smallest absolute Gasteiger partial charge is 0.322 e. The van der Waals surface area contributed by atoms with Gasteiger partial charge in [0.15, 0.2) is 0 Å². The van der Waals surface area contributed by atoms with Gasteiger partial charge in [0, 0.05) is 13.0 Å². The molecule has 22 heavy (non-hydrogen) atoms. The minimum absolute atomic E-state index is 0.0828. The molecule has 118 valence electrons. The maximum Gasteiger partial charge on any atom is 0.322 e. The van der Waals surface area contributed by atoms with Gasteiger partial charge in [-0.1, -0.05) is 12.1 Å². The lowest BCUT2D eigenvalue weighted by atomic mass is 10.1. The Hall–Kier alpha value is -2.57. The van der Waals surface area contributed by atoms with Gasteiger partial charge in [-0.2, -0.15) is 0 Å². The van der Waals surface area contributed by atoms with Gasteiger partial charge < -0.3 is 15.4 Å². The molecule has 1 aliphatic rings.